The van der Waals surface area contributed by atoms with Gasteiger partial charge < -0.3 is 10.1 Å². The van der Waals surface area contributed by atoms with Crippen molar-refractivity contribution in [3.8, 4) is 11.8 Å². The molecule has 9 heteroatoms. The summed E-state index contributed by atoms with van der Waals surface area (Å²) in [7, 11) is 0. The Morgan fingerprint density at radius 2 is 1.82 bits per heavy atom. The van der Waals surface area contributed by atoms with Gasteiger partial charge in [-0.1, -0.05) is 41.9 Å². The van der Waals surface area contributed by atoms with Gasteiger partial charge in [0.2, 0.25) is 0 Å². The number of hydrogen-bond acceptors (Lipinski definition) is 6. The maximum absolute atomic E-state index is 12.5. The van der Waals surface area contributed by atoms with E-state index in [2.05, 4.69) is 5.32 Å². The minimum Gasteiger partial charge on any atom is -0.423 e. The van der Waals surface area contributed by atoms with Crippen molar-refractivity contribution >= 4 is 40.9 Å². The molecule has 0 bridgehead atoms. The van der Waals surface area contributed by atoms with Crippen LogP contribution in [0.15, 0.2) is 72.3 Å². The predicted molar refractivity (Wildman–Crippen MR) is 123 cm³/mol. The average molecular weight is 462 g/mol. The summed E-state index contributed by atoms with van der Waals surface area (Å²) in [6, 6.07) is 18.3. The van der Waals surface area contributed by atoms with E-state index in [4.69, 9.17) is 16.3 Å². The summed E-state index contributed by atoms with van der Waals surface area (Å²) in [5.41, 5.74) is 1.37. The van der Waals surface area contributed by atoms with Crippen molar-refractivity contribution in [2.24, 2.45) is 0 Å². The SMILES string of the molecule is Cc1cccc(Cl)c1NC(=O)/C(C#N)=C/c1ccc(OC(=O)c2cccc([N+](=O)[O-])c2)cc1. The molecule has 3 aromatic carbocycles. The zero-order chi connectivity index (χ0) is 24.0. The summed E-state index contributed by atoms with van der Waals surface area (Å²) in [4.78, 5) is 35.0. The first-order chi connectivity index (χ1) is 15.8. The van der Waals surface area contributed by atoms with Crippen LogP contribution in [0, 0.1) is 28.4 Å². The topological polar surface area (TPSA) is 122 Å². The Labute approximate surface area is 193 Å². The molecule has 0 spiro atoms. The zero-order valence-corrected chi connectivity index (χ0v) is 18.0. The van der Waals surface area contributed by atoms with Gasteiger partial charge in [0.05, 0.1) is 21.2 Å². The van der Waals surface area contributed by atoms with E-state index in [1.54, 1.807) is 37.3 Å². The minimum absolute atomic E-state index is 0.0338. The molecule has 1 amide bonds. The number of halogens is 1. The van der Waals surface area contributed by atoms with Crippen molar-refractivity contribution in [1.29, 1.82) is 5.26 Å². The lowest BCUT2D eigenvalue weighted by atomic mass is 10.1. The summed E-state index contributed by atoms with van der Waals surface area (Å²) in [6.45, 7) is 1.78. The maximum Gasteiger partial charge on any atom is 0.343 e. The first-order valence-electron chi connectivity index (χ1n) is 9.53. The average Bonchev–Trinajstić information content (AvgIpc) is 2.81. The molecule has 0 saturated carbocycles. The van der Waals surface area contributed by atoms with Crippen molar-refractivity contribution in [3.63, 3.8) is 0 Å². The van der Waals surface area contributed by atoms with E-state index in [0.29, 0.717) is 16.3 Å². The molecule has 0 aromatic heterocycles. The van der Waals surface area contributed by atoms with Crippen LogP contribution in [-0.2, 0) is 4.79 Å². The number of hydrogen-bond donors (Lipinski definition) is 1. The first kappa shape index (κ1) is 23.2. The molecule has 0 fully saturated rings. The zero-order valence-electron chi connectivity index (χ0n) is 17.2. The second-order valence-corrected chi connectivity index (χ2v) is 7.23. The fourth-order valence-corrected chi connectivity index (χ4v) is 3.10. The quantitative estimate of drug-likeness (QED) is 0.132. The van der Waals surface area contributed by atoms with E-state index < -0.39 is 16.8 Å². The first-order valence-corrected chi connectivity index (χ1v) is 9.91. The lowest BCUT2D eigenvalue weighted by Crippen LogP contribution is -2.14. The second-order valence-electron chi connectivity index (χ2n) is 6.82. The summed E-state index contributed by atoms with van der Waals surface area (Å²) >= 11 is 6.12. The maximum atomic E-state index is 12.5. The van der Waals surface area contributed by atoms with Crippen LogP contribution in [-0.4, -0.2) is 16.8 Å². The Balaban J connectivity index is 1.72. The number of nitriles is 1. The third kappa shape index (κ3) is 5.81. The summed E-state index contributed by atoms with van der Waals surface area (Å²) in [5, 5.41) is 23.3. The normalized spacial score (nSPS) is 10.8. The van der Waals surface area contributed by atoms with Crippen molar-refractivity contribution in [1.82, 2.24) is 0 Å². The van der Waals surface area contributed by atoms with E-state index in [1.165, 1.54) is 36.4 Å². The number of nitrogens with zero attached hydrogens (tertiary/aromatic N) is 2. The number of esters is 1. The van der Waals surface area contributed by atoms with Gasteiger partial charge >= 0.3 is 5.97 Å². The number of rotatable bonds is 6. The summed E-state index contributed by atoms with van der Waals surface area (Å²) in [5.74, 6) is -1.18. The van der Waals surface area contributed by atoms with Gasteiger partial charge in [0.1, 0.15) is 17.4 Å². The van der Waals surface area contributed by atoms with Crippen LogP contribution in [0.3, 0.4) is 0 Å². The Morgan fingerprint density at radius 1 is 1.12 bits per heavy atom. The Bertz CT molecular complexity index is 1290. The molecule has 1 N–H and O–H groups in total. The number of benzene rings is 3. The number of carbonyl (C=O) groups is 2. The summed E-state index contributed by atoms with van der Waals surface area (Å²) < 4.78 is 5.23. The molecule has 0 aliphatic carbocycles. The Morgan fingerprint density at radius 3 is 2.45 bits per heavy atom. The number of non-ortho nitro benzene ring substituents is 1. The molecule has 0 unspecified atom stereocenters. The summed E-state index contributed by atoms with van der Waals surface area (Å²) in [6.07, 6.45) is 1.38. The van der Waals surface area contributed by atoms with Crippen molar-refractivity contribution < 1.29 is 19.2 Å². The number of aryl methyl sites for hydroxylation is 1. The van der Waals surface area contributed by atoms with Gasteiger partial charge in [0.15, 0.2) is 0 Å². The molecule has 0 heterocycles. The number of nitro benzene ring substituents is 1. The van der Waals surface area contributed by atoms with Gasteiger partial charge in [-0.05, 0) is 48.4 Å². The van der Waals surface area contributed by atoms with E-state index in [-0.39, 0.29) is 22.6 Å². The molecule has 0 radical (unpaired) electrons. The molecule has 164 valence electrons. The molecule has 33 heavy (non-hydrogen) atoms. The van der Waals surface area contributed by atoms with Crippen LogP contribution in [0.4, 0.5) is 11.4 Å². The highest BCUT2D eigenvalue weighted by Crippen LogP contribution is 2.26. The van der Waals surface area contributed by atoms with Crippen LogP contribution >= 0.6 is 11.6 Å². The molecular weight excluding hydrogens is 446 g/mol. The second kappa shape index (κ2) is 10.2. The highest BCUT2D eigenvalue weighted by atomic mass is 35.5. The molecule has 3 aromatic rings. The largest absolute Gasteiger partial charge is 0.423 e. The molecule has 0 aliphatic rings. The van der Waals surface area contributed by atoms with Crippen LogP contribution < -0.4 is 10.1 Å². The van der Waals surface area contributed by atoms with Gasteiger partial charge in [-0.2, -0.15) is 5.26 Å². The van der Waals surface area contributed by atoms with Crippen LogP contribution in [0.1, 0.15) is 21.5 Å². The van der Waals surface area contributed by atoms with E-state index in [1.807, 2.05) is 6.07 Å². The number of nitrogens with one attached hydrogen (secondary N) is 1. The molecule has 3 rings (SSSR count). The fraction of sp³-hybridized carbons (Fsp3) is 0.0417. The van der Waals surface area contributed by atoms with Crippen LogP contribution in [0.5, 0.6) is 5.75 Å². The molecule has 0 atom stereocenters. The standard InChI is InChI=1S/C24H16ClN3O5/c1-15-4-2-7-21(25)22(15)27-23(29)18(14-26)12-16-8-10-20(11-9-16)33-24(30)17-5-3-6-19(13-17)28(31)32/h2-13H,1H3,(H,27,29)/b18-12+. The van der Waals surface area contributed by atoms with Crippen molar-refractivity contribution in [2.75, 3.05) is 5.32 Å². The van der Waals surface area contributed by atoms with E-state index in [0.717, 1.165) is 11.6 Å². The van der Waals surface area contributed by atoms with Gasteiger partial charge in [-0.15, -0.1) is 0 Å². The van der Waals surface area contributed by atoms with Crippen molar-refractivity contribution in [3.05, 3.63) is 104 Å². The van der Waals surface area contributed by atoms with Gasteiger partial charge in [-0.3, -0.25) is 14.9 Å². The monoisotopic (exact) mass is 461 g/mol. The number of amides is 1. The Hall–Kier alpha value is -4.48. The number of para-hydroxylation sites is 1. The third-order valence-electron chi connectivity index (χ3n) is 4.52. The highest BCUT2D eigenvalue weighted by Gasteiger charge is 2.15. The number of anilines is 1. The van der Waals surface area contributed by atoms with Gasteiger partial charge in [0, 0.05) is 12.1 Å². The Kier molecular flexibility index (Phi) is 7.18. The lowest BCUT2D eigenvalue weighted by molar-refractivity contribution is -0.384. The van der Waals surface area contributed by atoms with Gasteiger partial charge in [-0.25, -0.2) is 4.79 Å². The highest BCUT2D eigenvalue weighted by molar-refractivity contribution is 6.34. The molecule has 0 aliphatic heterocycles. The number of nitro groups is 1. The van der Waals surface area contributed by atoms with E-state index in [9.17, 15) is 25.0 Å². The van der Waals surface area contributed by atoms with E-state index >= 15 is 0 Å². The molecule has 8 nitrogen and oxygen atoms in total. The number of carbonyl (C=O) groups excluding carboxylic acids is 2. The number of ether oxygens (including phenoxy) is 1. The lowest BCUT2D eigenvalue weighted by Gasteiger charge is -2.09. The fourth-order valence-electron chi connectivity index (χ4n) is 2.83. The van der Waals surface area contributed by atoms with Crippen molar-refractivity contribution in [2.45, 2.75) is 6.92 Å². The third-order valence-corrected chi connectivity index (χ3v) is 4.83. The van der Waals surface area contributed by atoms with Gasteiger partial charge in [0.25, 0.3) is 11.6 Å². The molecular formula is C24H16ClN3O5. The molecule has 0 saturated heterocycles. The van der Waals surface area contributed by atoms with Crippen LogP contribution in [0.25, 0.3) is 6.08 Å². The predicted octanol–water partition coefficient (Wildman–Crippen LogP) is 5.32. The minimum atomic E-state index is -0.755. The van der Waals surface area contributed by atoms with Crippen LogP contribution in [0.2, 0.25) is 5.02 Å². The smallest absolute Gasteiger partial charge is 0.343 e.